The van der Waals surface area contributed by atoms with Gasteiger partial charge in [0, 0.05) is 55.5 Å². The number of carbonyl (C=O) groups is 3. The maximum atomic E-state index is 12.3. The van der Waals surface area contributed by atoms with Crippen LogP contribution >= 0.6 is 0 Å². The van der Waals surface area contributed by atoms with Crippen LogP contribution in [0.15, 0.2) is 12.5 Å². The van der Waals surface area contributed by atoms with Crippen molar-refractivity contribution in [1.82, 2.24) is 15.3 Å². The summed E-state index contributed by atoms with van der Waals surface area (Å²) in [6.07, 6.45) is 5.06. The Morgan fingerprint density at radius 2 is 2.00 bits per heavy atom. The molecule has 0 aliphatic rings. The van der Waals surface area contributed by atoms with Crippen LogP contribution in [-0.2, 0) is 25.5 Å². The summed E-state index contributed by atoms with van der Waals surface area (Å²) in [5.74, 6) is -0.957. The number of rotatable bonds is 15. The minimum absolute atomic E-state index is 0.0423. The molecule has 0 radical (unpaired) electrons. The van der Waals surface area contributed by atoms with Gasteiger partial charge in [-0.3, -0.25) is 19.7 Å². The molecule has 1 atom stereocenters. The first-order valence-corrected chi connectivity index (χ1v) is 9.19. The number of imidazole rings is 1. The molecule has 4 N–H and O–H groups in total. The maximum Gasteiger partial charge on any atom is 0.329 e. The molecule has 11 heteroatoms. The van der Waals surface area contributed by atoms with Crippen LogP contribution in [-0.4, -0.2) is 58.3 Å². The zero-order valence-corrected chi connectivity index (χ0v) is 15.7. The van der Waals surface area contributed by atoms with Crippen molar-refractivity contribution in [2.24, 2.45) is 5.73 Å². The number of ether oxygens (including phenoxy) is 1. The molecule has 1 heterocycles. The number of nitro groups is 1. The second-order valence-electron chi connectivity index (χ2n) is 6.26. The second-order valence-corrected chi connectivity index (χ2v) is 6.26. The molecule has 0 fully saturated rings. The van der Waals surface area contributed by atoms with Gasteiger partial charge in [0.1, 0.15) is 11.8 Å². The molecule has 28 heavy (non-hydrogen) atoms. The minimum Gasteiger partial charge on any atom is -0.464 e. The van der Waals surface area contributed by atoms with E-state index in [1.807, 2.05) is 0 Å². The van der Waals surface area contributed by atoms with E-state index in [-0.39, 0.29) is 57.1 Å². The molecule has 156 valence electrons. The molecule has 0 spiro atoms. The Morgan fingerprint density at radius 1 is 1.25 bits per heavy atom. The summed E-state index contributed by atoms with van der Waals surface area (Å²) in [4.78, 5) is 52.1. The molecule has 1 rings (SSSR count). The lowest BCUT2D eigenvalue weighted by molar-refractivity contribution is -0.480. The first-order valence-electron chi connectivity index (χ1n) is 9.19. The van der Waals surface area contributed by atoms with Crippen molar-refractivity contribution in [1.29, 1.82) is 0 Å². The normalized spacial score (nSPS) is 11.6. The number of amides is 1. The summed E-state index contributed by atoms with van der Waals surface area (Å²) in [5.41, 5.74) is 6.02. The number of unbranched alkanes of at least 4 members (excludes halogenated alkanes) is 1. The number of carbonyl (C=O) groups excluding carboxylic acids is 3. The smallest absolute Gasteiger partial charge is 0.329 e. The van der Waals surface area contributed by atoms with E-state index in [0.717, 1.165) is 0 Å². The largest absolute Gasteiger partial charge is 0.464 e. The number of ketones is 1. The molecule has 0 aromatic carbocycles. The molecule has 11 nitrogen and oxygen atoms in total. The monoisotopic (exact) mass is 397 g/mol. The highest BCUT2D eigenvalue weighted by Gasteiger charge is 2.23. The van der Waals surface area contributed by atoms with Gasteiger partial charge in [-0.15, -0.1) is 0 Å². The molecule has 0 saturated heterocycles. The number of Topliss-reactive ketones (excluding diaryl/α,β-unsaturated/α-hetero) is 1. The van der Waals surface area contributed by atoms with Crippen molar-refractivity contribution in [3.63, 3.8) is 0 Å². The summed E-state index contributed by atoms with van der Waals surface area (Å²) < 4.78 is 5.21. The lowest BCUT2D eigenvalue weighted by atomic mass is 10.1. The van der Waals surface area contributed by atoms with Gasteiger partial charge in [0.25, 0.3) is 0 Å². The van der Waals surface area contributed by atoms with Crippen LogP contribution in [0, 0.1) is 10.1 Å². The predicted octanol–water partition coefficient (Wildman–Crippen LogP) is 0.125. The van der Waals surface area contributed by atoms with E-state index < -0.39 is 16.9 Å². The molecule has 1 aromatic heterocycles. The third kappa shape index (κ3) is 10.4. The van der Waals surface area contributed by atoms with E-state index in [2.05, 4.69) is 15.3 Å². The number of esters is 1. The van der Waals surface area contributed by atoms with Gasteiger partial charge in [-0.1, -0.05) is 0 Å². The lowest BCUT2D eigenvalue weighted by Gasteiger charge is -2.17. The van der Waals surface area contributed by atoms with Gasteiger partial charge in [0.2, 0.25) is 12.5 Å². The fourth-order valence-electron chi connectivity index (χ4n) is 2.44. The maximum absolute atomic E-state index is 12.3. The van der Waals surface area contributed by atoms with Gasteiger partial charge >= 0.3 is 5.97 Å². The average Bonchev–Trinajstić information content (AvgIpc) is 3.13. The first kappa shape index (κ1) is 23.2. The molecule has 1 aromatic rings. The fourth-order valence-corrected chi connectivity index (χ4v) is 2.44. The number of aromatic amines is 1. The van der Waals surface area contributed by atoms with E-state index in [1.54, 1.807) is 6.20 Å². The van der Waals surface area contributed by atoms with Crippen molar-refractivity contribution >= 4 is 17.7 Å². The van der Waals surface area contributed by atoms with Gasteiger partial charge in [-0.05, 0) is 12.8 Å². The van der Waals surface area contributed by atoms with Crippen LogP contribution in [0.3, 0.4) is 0 Å². The summed E-state index contributed by atoms with van der Waals surface area (Å²) in [6.45, 7) is 0.0809. The van der Waals surface area contributed by atoms with E-state index in [1.165, 1.54) is 6.33 Å². The topological polar surface area (TPSA) is 170 Å². The molecule has 1 amide bonds. The van der Waals surface area contributed by atoms with Crippen molar-refractivity contribution < 1.29 is 24.0 Å². The van der Waals surface area contributed by atoms with Crippen LogP contribution in [0.1, 0.15) is 44.2 Å². The summed E-state index contributed by atoms with van der Waals surface area (Å²) >= 11 is 0. The highest BCUT2D eigenvalue weighted by Crippen LogP contribution is 2.05. The number of nitrogens with one attached hydrogen (secondary N) is 2. The highest BCUT2D eigenvalue weighted by atomic mass is 16.6. The van der Waals surface area contributed by atoms with Gasteiger partial charge in [-0.2, -0.15) is 0 Å². The molecule has 0 unspecified atom stereocenters. The standard InChI is InChI=1S/C17H27N5O6/c18-7-6-16(24)21-15(10-13-11-19-12-20-13)17(25)28-9-2-1-4-14(23)5-3-8-22(26)27/h11-12,15H,1-10,18H2,(H,19,20)(H,21,24)/t15-/m0/s1. The fraction of sp³-hybridized carbons (Fsp3) is 0.647. The molecule has 0 bridgehead atoms. The Morgan fingerprint density at radius 3 is 2.64 bits per heavy atom. The number of H-pyrrole nitrogens is 1. The minimum atomic E-state index is -0.858. The van der Waals surface area contributed by atoms with E-state index in [4.69, 9.17) is 10.5 Å². The van der Waals surface area contributed by atoms with Crippen molar-refractivity contribution in [3.05, 3.63) is 28.3 Å². The van der Waals surface area contributed by atoms with Gasteiger partial charge in [0.05, 0.1) is 12.9 Å². The third-order valence-corrected chi connectivity index (χ3v) is 3.86. The van der Waals surface area contributed by atoms with E-state index in [9.17, 15) is 24.5 Å². The number of aromatic nitrogens is 2. The third-order valence-electron chi connectivity index (χ3n) is 3.86. The number of nitrogens with zero attached hydrogens (tertiary/aromatic N) is 2. The van der Waals surface area contributed by atoms with E-state index in [0.29, 0.717) is 25.0 Å². The highest BCUT2D eigenvalue weighted by molar-refractivity contribution is 5.84. The summed E-state index contributed by atoms with van der Waals surface area (Å²) in [7, 11) is 0. The lowest BCUT2D eigenvalue weighted by Crippen LogP contribution is -2.44. The summed E-state index contributed by atoms with van der Waals surface area (Å²) in [6, 6.07) is -0.858. The molecular formula is C17H27N5O6. The zero-order valence-electron chi connectivity index (χ0n) is 15.7. The van der Waals surface area contributed by atoms with Crippen molar-refractivity contribution in [3.8, 4) is 0 Å². The Bertz CT molecular complexity index is 634. The molecule has 0 aliphatic carbocycles. The van der Waals surface area contributed by atoms with Gasteiger partial charge in [-0.25, -0.2) is 9.78 Å². The molecule has 0 saturated carbocycles. The van der Waals surface area contributed by atoms with Crippen LogP contribution < -0.4 is 11.1 Å². The van der Waals surface area contributed by atoms with Gasteiger partial charge in [0.15, 0.2) is 0 Å². The molecular weight excluding hydrogens is 370 g/mol. The Kier molecular flexibility index (Phi) is 11.1. The predicted molar refractivity (Wildman–Crippen MR) is 98.8 cm³/mol. The van der Waals surface area contributed by atoms with Crippen molar-refractivity contribution in [2.45, 2.75) is 51.0 Å². The van der Waals surface area contributed by atoms with E-state index >= 15 is 0 Å². The SMILES string of the molecule is NCCC(=O)N[C@@H](Cc1cnc[nH]1)C(=O)OCCCCC(=O)CCC[N+](=O)[O-]. The average molecular weight is 397 g/mol. The summed E-state index contributed by atoms with van der Waals surface area (Å²) in [5, 5.41) is 12.8. The Balaban J connectivity index is 2.32. The van der Waals surface area contributed by atoms with Crippen LogP contribution in [0.4, 0.5) is 0 Å². The Hall–Kier alpha value is -2.82. The second kappa shape index (κ2) is 13.4. The van der Waals surface area contributed by atoms with Crippen molar-refractivity contribution in [2.75, 3.05) is 19.7 Å². The van der Waals surface area contributed by atoms with Crippen LogP contribution in [0.25, 0.3) is 0 Å². The molecule has 0 aliphatic heterocycles. The first-order chi connectivity index (χ1) is 13.4. The van der Waals surface area contributed by atoms with Gasteiger partial charge < -0.3 is 20.8 Å². The Labute approximate surface area is 162 Å². The zero-order chi connectivity index (χ0) is 20.8. The van der Waals surface area contributed by atoms with Crippen LogP contribution in [0.5, 0.6) is 0 Å². The van der Waals surface area contributed by atoms with Crippen LogP contribution in [0.2, 0.25) is 0 Å². The number of nitrogens with two attached hydrogens (primary N) is 1. The quantitative estimate of drug-likeness (QED) is 0.162. The number of hydrogen-bond donors (Lipinski definition) is 3. The number of hydrogen-bond acceptors (Lipinski definition) is 8.